The van der Waals surface area contributed by atoms with E-state index >= 15 is 0 Å². The number of ether oxygens (including phenoxy) is 1. The molecule has 1 saturated heterocycles. The van der Waals surface area contributed by atoms with Gasteiger partial charge in [-0.3, -0.25) is 4.79 Å². The van der Waals surface area contributed by atoms with Crippen LogP contribution in [0.2, 0.25) is 0 Å². The number of rotatable bonds is 4. The molecule has 2 rings (SSSR count). The number of hydrogen-bond donors (Lipinski definition) is 1. The van der Waals surface area contributed by atoms with Crippen molar-refractivity contribution in [2.24, 2.45) is 5.41 Å². The van der Waals surface area contributed by atoms with Gasteiger partial charge in [0.05, 0.1) is 17.6 Å². The van der Waals surface area contributed by atoms with Crippen molar-refractivity contribution < 1.29 is 19.4 Å². The molecule has 1 aliphatic heterocycles. The summed E-state index contributed by atoms with van der Waals surface area (Å²) in [5.41, 5.74) is -0.227. The van der Waals surface area contributed by atoms with Crippen LogP contribution in [0.15, 0.2) is 18.3 Å². The Morgan fingerprint density at radius 1 is 1.38 bits per heavy atom. The number of carboxylic acids is 1. The van der Waals surface area contributed by atoms with Crippen LogP contribution in [0.25, 0.3) is 0 Å². The van der Waals surface area contributed by atoms with Crippen LogP contribution in [-0.4, -0.2) is 41.7 Å². The van der Waals surface area contributed by atoms with Gasteiger partial charge in [-0.1, -0.05) is 0 Å². The zero-order chi connectivity index (χ0) is 15.5. The number of esters is 1. The summed E-state index contributed by atoms with van der Waals surface area (Å²) in [6.07, 6.45) is 2.67. The zero-order valence-corrected chi connectivity index (χ0v) is 12.3. The van der Waals surface area contributed by atoms with Crippen LogP contribution in [0.3, 0.4) is 0 Å². The van der Waals surface area contributed by atoms with Crippen LogP contribution in [0, 0.1) is 5.41 Å². The van der Waals surface area contributed by atoms with Crippen LogP contribution in [0.5, 0.6) is 0 Å². The maximum absolute atomic E-state index is 11.6. The van der Waals surface area contributed by atoms with Gasteiger partial charge in [0, 0.05) is 19.3 Å². The zero-order valence-electron chi connectivity index (χ0n) is 12.3. The smallest absolute Gasteiger partial charge is 0.339 e. The second-order valence-electron chi connectivity index (χ2n) is 5.48. The number of hydrogen-bond acceptors (Lipinski definition) is 5. The molecule has 0 amide bonds. The molecule has 0 aromatic carbocycles. The number of aromatic nitrogens is 1. The van der Waals surface area contributed by atoms with Crippen LogP contribution in [-0.2, 0) is 9.53 Å². The number of anilines is 1. The highest BCUT2D eigenvalue weighted by molar-refractivity contribution is 5.89. The van der Waals surface area contributed by atoms with E-state index in [1.807, 2.05) is 4.90 Å². The quantitative estimate of drug-likeness (QED) is 0.854. The van der Waals surface area contributed by atoms with Crippen molar-refractivity contribution in [3.05, 3.63) is 23.9 Å². The van der Waals surface area contributed by atoms with E-state index in [9.17, 15) is 14.7 Å². The number of piperidine rings is 1. The van der Waals surface area contributed by atoms with Gasteiger partial charge in [-0.15, -0.1) is 0 Å². The summed E-state index contributed by atoms with van der Waals surface area (Å²) in [5.74, 6) is -0.364. The van der Waals surface area contributed by atoms with Crippen LogP contribution < -0.4 is 4.90 Å². The SMILES string of the molecule is CCOC(=O)c1ccc(N2CCC(C)(C(=O)O)CC2)nc1. The molecule has 0 saturated carbocycles. The third kappa shape index (κ3) is 3.32. The normalized spacial score (nSPS) is 17.3. The maximum atomic E-state index is 11.6. The third-order valence-corrected chi connectivity index (χ3v) is 3.97. The van der Waals surface area contributed by atoms with Crippen molar-refractivity contribution in [1.29, 1.82) is 0 Å². The molecule has 1 N–H and O–H groups in total. The number of pyridine rings is 1. The van der Waals surface area contributed by atoms with Crippen molar-refractivity contribution >= 4 is 17.8 Å². The highest BCUT2D eigenvalue weighted by atomic mass is 16.5. The molecule has 0 unspecified atom stereocenters. The number of carboxylic acid groups (broad SMARTS) is 1. The summed E-state index contributed by atoms with van der Waals surface area (Å²) < 4.78 is 4.91. The Morgan fingerprint density at radius 2 is 2.05 bits per heavy atom. The lowest BCUT2D eigenvalue weighted by atomic mass is 9.80. The highest BCUT2D eigenvalue weighted by Gasteiger charge is 2.37. The largest absolute Gasteiger partial charge is 0.481 e. The van der Waals surface area contributed by atoms with E-state index in [1.54, 1.807) is 26.0 Å². The average molecular weight is 292 g/mol. The molecule has 1 aromatic heterocycles. The number of aliphatic carboxylic acids is 1. The van der Waals surface area contributed by atoms with E-state index in [-0.39, 0.29) is 5.97 Å². The predicted molar refractivity (Wildman–Crippen MR) is 77.4 cm³/mol. The molecule has 0 bridgehead atoms. The van der Waals surface area contributed by atoms with E-state index in [1.165, 1.54) is 6.20 Å². The summed E-state index contributed by atoms with van der Waals surface area (Å²) in [5, 5.41) is 9.22. The summed E-state index contributed by atoms with van der Waals surface area (Å²) in [4.78, 5) is 29.1. The lowest BCUT2D eigenvalue weighted by Crippen LogP contribution is -2.43. The van der Waals surface area contributed by atoms with E-state index in [0.29, 0.717) is 38.1 Å². The minimum absolute atomic E-state index is 0.334. The Hall–Kier alpha value is -2.11. The molecule has 6 heteroatoms. The van der Waals surface area contributed by atoms with E-state index in [4.69, 9.17) is 4.74 Å². The molecular weight excluding hydrogens is 272 g/mol. The fourth-order valence-corrected chi connectivity index (χ4v) is 2.35. The Kier molecular flexibility index (Phi) is 4.45. The van der Waals surface area contributed by atoms with Gasteiger partial charge in [0.15, 0.2) is 0 Å². The standard InChI is InChI=1S/C15H20N2O4/c1-3-21-13(18)11-4-5-12(16-10-11)17-8-6-15(2,7-9-17)14(19)20/h4-5,10H,3,6-9H2,1-2H3,(H,19,20). The highest BCUT2D eigenvalue weighted by Crippen LogP contribution is 2.32. The summed E-state index contributed by atoms with van der Waals surface area (Å²) in [6.45, 7) is 5.17. The number of carbonyl (C=O) groups is 2. The molecule has 114 valence electrons. The first-order valence-corrected chi connectivity index (χ1v) is 7.08. The summed E-state index contributed by atoms with van der Waals surface area (Å²) in [7, 11) is 0. The lowest BCUT2D eigenvalue weighted by molar-refractivity contribution is -0.149. The second-order valence-corrected chi connectivity index (χ2v) is 5.48. The average Bonchev–Trinajstić information content (AvgIpc) is 2.48. The van der Waals surface area contributed by atoms with Gasteiger partial charge in [0.25, 0.3) is 0 Å². The molecule has 2 heterocycles. The molecule has 0 atom stereocenters. The fraction of sp³-hybridized carbons (Fsp3) is 0.533. The lowest BCUT2D eigenvalue weighted by Gasteiger charge is -2.37. The summed E-state index contributed by atoms with van der Waals surface area (Å²) >= 11 is 0. The molecule has 0 spiro atoms. The van der Waals surface area contributed by atoms with Crippen molar-refractivity contribution in [3.8, 4) is 0 Å². The molecule has 0 radical (unpaired) electrons. The molecule has 1 fully saturated rings. The van der Waals surface area contributed by atoms with Crippen LogP contribution in [0.4, 0.5) is 5.82 Å². The van der Waals surface area contributed by atoms with Gasteiger partial charge < -0.3 is 14.7 Å². The van der Waals surface area contributed by atoms with Gasteiger partial charge >= 0.3 is 11.9 Å². The number of nitrogens with zero attached hydrogens (tertiary/aromatic N) is 2. The van der Waals surface area contributed by atoms with Crippen molar-refractivity contribution in [3.63, 3.8) is 0 Å². The molecular formula is C15H20N2O4. The summed E-state index contributed by atoms with van der Waals surface area (Å²) in [6, 6.07) is 3.46. The van der Waals surface area contributed by atoms with Gasteiger partial charge in [-0.05, 0) is 38.8 Å². The Labute approximate surface area is 123 Å². The third-order valence-electron chi connectivity index (χ3n) is 3.97. The Balaban J connectivity index is 2.01. The fourth-order valence-electron chi connectivity index (χ4n) is 2.35. The monoisotopic (exact) mass is 292 g/mol. The molecule has 1 aromatic rings. The Bertz CT molecular complexity index is 519. The maximum Gasteiger partial charge on any atom is 0.339 e. The number of carbonyl (C=O) groups excluding carboxylic acids is 1. The first-order valence-electron chi connectivity index (χ1n) is 7.08. The van der Waals surface area contributed by atoms with Crippen LogP contribution in [0.1, 0.15) is 37.0 Å². The van der Waals surface area contributed by atoms with Crippen molar-refractivity contribution in [2.75, 3.05) is 24.6 Å². The topological polar surface area (TPSA) is 79.7 Å². The van der Waals surface area contributed by atoms with E-state index in [0.717, 1.165) is 5.82 Å². The van der Waals surface area contributed by atoms with Crippen molar-refractivity contribution in [2.45, 2.75) is 26.7 Å². The van der Waals surface area contributed by atoms with Gasteiger partial charge in [0.2, 0.25) is 0 Å². The van der Waals surface area contributed by atoms with E-state index in [2.05, 4.69) is 4.98 Å². The van der Waals surface area contributed by atoms with Crippen LogP contribution >= 0.6 is 0 Å². The predicted octanol–water partition coefficient (Wildman–Crippen LogP) is 1.95. The van der Waals surface area contributed by atoms with Crippen molar-refractivity contribution in [1.82, 2.24) is 4.98 Å². The van der Waals surface area contributed by atoms with Gasteiger partial charge in [-0.25, -0.2) is 9.78 Å². The Morgan fingerprint density at radius 3 is 2.52 bits per heavy atom. The minimum atomic E-state index is -0.743. The molecule has 21 heavy (non-hydrogen) atoms. The van der Waals surface area contributed by atoms with Gasteiger partial charge in [-0.2, -0.15) is 0 Å². The molecule has 1 aliphatic rings. The first kappa shape index (κ1) is 15.3. The van der Waals surface area contributed by atoms with Gasteiger partial charge in [0.1, 0.15) is 5.82 Å². The van der Waals surface area contributed by atoms with E-state index < -0.39 is 11.4 Å². The molecule has 0 aliphatic carbocycles. The molecule has 6 nitrogen and oxygen atoms in total. The second kappa shape index (κ2) is 6.11. The first-order chi connectivity index (χ1) is 9.96. The minimum Gasteiger partial charge on any atom is -0.481 e.